The van der Waals surface area contributed by atoms with Crippen LogP contribution in [0.2, 0.25) is 0 Å². The topological polar surface area (TPSA) is 37.3 Å². The number of likely N-dealkylation sites (tertiary alicyclic amines) is 1. The molecule has 3 nitrogen and oxygen atoms in total. The Morgan fingerprint density at radius 1 is 1.15 bits per heavy atom. The van der Waals surface area contributed by atoms with Gasteiger partial charge in [-0.1, -0.05) is 18.2 Å². The molecule has 0 bridgehead atoms. The molecule has 1 aromatic heterocycles. The molecule has 3 rings (SSSR count). The van der Waals surface area contributed by atoms with Gasteiger partial charge in [-0.25, -0.2) is 0 Å². The molecule has 0 aliphatic carbocycles. The molecule has 20 heavy (non-hydrogen) atoms. The maximum Gasteiger partial charge on any atom is 0.219 e. The van der Waals surface area contributed by atoms with Gasteiger partial charge in [0.2, 0.25) is 5.78 Å². The van der Waals surface area contributed by atoms with Crippen molar-refractivity contribution in [3.63, 3.8) is 0 Å². The molecule has 0 amide bonds. The van der Waals surface area contributed by atoms with Crippen LogP contribution in [-0.2, 0) is 0 Å². The number of benzene rings is 1. The predicted octanol–water partition coefficient (Wildman–Crippen LogP) is 2.12. The fraction of sp³-hybridized carbons (Fsp3) is 0.471. The van der Waals surface area contributed by atoms with Crippen molar-refractivity contribution in [2.45, 2.75) is 32.6 Å². The summed E-state index contributed by atoms with van der Waals surface area (Å²) in [7, 11) is 0. The molecule has 1 fully saturated rings. The first-order valence-corrected chi connectivity index (χ1v) is 7.70. The van der Waals surface area contributed by atoms with Gasteiger partial charge in [0.1, 0.15) is 6.54 Å². The summed E-state index contributed by atoms with van der Waals surface area (Å²) in [6.07, 6.45) is 5.17. The van der Waals surface area contributed by atoms with Crippen LogP contribution in [0.3, 0.4) is 0 Å². The van der Waals surface area contributed by atoms with Gasteiger partial charge in [-0.2, -0.15) is 0 Å². The first-order valence-electron chi connectivity index (χ1n) is 7.70. The Morgan fingerprint density at radius 3 is 2.60 bits per heavy atom. The lowest BCUT2D eigenvalue weighted by molar-refractivity contribution is -0.890. The molecule has 2 heterocycles. The van der Waals surface area contributed by atoms with Gasteiger partial charge in [0.25, 0.3) is 0 Å². The molecule has 0 radical (unpaired) electrons. The number of para-hydroxylation sites is 1. The summed E-state index contributed by atoms with van der Waals surface area (Å²) in [4.78, 5) is 17.5. The summed E-state index contributed by atoms with van der Waals surface area (Å²) in [5.41, 5.74) is 2.97. The Balaban J connectivity index is 1.83. The molecule has 1 aromatic carbocycles. The van der Waals surface area contributed by atoms with Crippen LogP contribution in [-0.4, -0.2) is 30.4 Å². The third kappa shape index (κ3) is 2.63. The molecule has 106 valence electrons. The number of rotatable bonds is 3. The van der Waals surface area contributed by atoms with Gasteiger partial charge in [0.15, 0.2) is 0 Å². The number of carbonyl (C=O) groups excluding carboxylic acids is 1. The van der Waals surface area contributed by atoms with Crippen LogP contribution in [0.1, 0.15) is 41.7 Å². The highest BCUT2D eigenvalue weighted by atomic mass is 16.1. The highest BCUT2D eigenvalue weighted by Gasteiger charge is 2.21. The van der Waals surface area contributed by atoms with Crippen LogP contribution < -0.4 is 4.90 Å². The van der Waals surface area contributed by atoms with Gasteiger partial charge >= 0.3 is 0 Å². The molecular formula is C17H23N2O+. The van der Waals surface area contributed by atoms with E-state index in [0.717, 1.165) is 35.2 Å². The maximum absolute atomic E-state index is 12.7. The average molecular weight is 271 g/mol. The summed E-state index contributed by atoms with van der Waals surface area (Å²) in [6.45, 7) is 4.94. The molecule has 0 spiro atoms. The second-order valence-corrected chi connectivity index (χ2v) is 5.93. The van der Waals surface area contributed by atoms with Crippen molar-refractivity contribution >= 4 is 16.7 Å². The van der Waals surface area contributed by atoms with Gasteiger partial charge in [-0.3, -0.25) is 4.79 Å². The monoisotopic (exact) mass is 271 g/mol. The molecule has 0 saturated carbocycles. The zero-order chi connectivity index (χ0) is 13.9. The Morgan fingerprint density at radius 2 is 1.85 bits per heavy atom. The zero-order valence-electron chi connectivity index (χ0n) is 12.2. The van der Waals surface area contributed by atoms with Crippen molar-refractivity contribution in [3.8, 4) is 0 Å². The average Bonchev–Trinajstić information content (AvgIpc) is 2.60. The van der Waals surface area contributed by atoms with Crippen LogP contribution in [0.5, 0.6) is 0 Å². The molecule has 0 unspecified atom stereocenters. The minimum Gasteiger partial charge on any atom is -0.358 e. The van der Waals surface area contributed by atoms with Crippen molar-refractivity contribution < 1.29 is 9.69 Å². The van der Waals surface area contributed by atoms with Crippen LogP contribution >= 0.6 is 0 Å². The number of aromatic nitrogens is 1. The van der Waals surface area contributed by atoms with E-state index >= 15 is 0 Å². The summed E-state index contributed by atoms with van der Waals surface area (Å²) < 4.78 is 0. The van der Waals surface area contributed by atoms with E-state index in [-0.39, 0.29) is 5.78 Å². The highest BCUT2D eigenvalue weighted by Crippen LogP contribution is 2.21. The van der Waals surface area contributed by atoms with Crippen LogP contribution in [0.4, 0.5) is 0 Å². The van der Waals surface area contributed by atoms with Crippen LogP contribution in [0.15, 0.2) is 24.3 Å². The van der Waals surface area contributed by atoms with Gasteiger partial charge in [0, 0.05) is 16.6 Å². The third-order valence-corrected chi connectivity index (χ3v) is 4.39. The number of Topliss-reactive ketones (excluding diaryl/α,β-unsaturated/α-hetero) is 1. The molecule has 1 saturated heterocycles. The van der Waals surface area contributed by atoms with Gasteiger partial charge in [-0.05, 0) is 38.7 Å². The van der Waals surface area contributed by atoms with Gasteiger partial charge in [-0.15, -0.1) is 0 Å². The van der Waals surface area contributed by atoms with Crippen molar-refractivity contribution in [3.05, 3.63) is 35.5 Å². The van der Waals surface area contributed by atoms with Crippen molar-refractivity contribution in [2.75, 3.05) is 19.6 Å². The van der Waals surface area contributed by atoms with E-state index in [0.29, 0.717) is 6.54 Å². The largest absolute Gasteiger partial charge is 0.358 e. The number of quaternary nitrogens is 1. The fourth-order valence-corrected chi connectivity index (χ4v) is 3.36. The zero-order valence-corrected chi connectivity index (χ0v) is 12.2. The minimum absolute atomic E-state index is 0.289. The van der Waals surface area contributed by atoms with E-state index in [4.69, 9.17) is 0 Å². The number of nitrogens with one attached hydrogen (secondary N) is 2. The van der Waals surface area contributed by atoms with E-state index in [1.54, 1.807) is 0 Å². The lowest BCUT2D eigenvalue weighted by Crippen LogP contribution is -3.12. The molecule has 1 aliphatic heterocycles. The summed E-state index contributed by atoms with van der Waals surface area (Å²) >= 11 is 0. The Labute approximate surface area is 120 Å². The number of H-pyrrole nitrogens is 1. The van der Waals surface area contributed by atoms with E-state index in [2.05, 4.69) is 4.98 Å². The predicted molar refractivity (Wildman–Crippen MR) is 81.4 cm³/mol. The van der Waals surface area contributed by atoms with Crippen molar-refractivity contribution in [2.24, 2.45) is 0 Å². The summed E-state index contributed by atoms with van der Waals surface area (Å²) in [6, 6.07) is 8.10. The Bertz CT molecular complexity index is 606. The van der Waals surface area contributed by atoms with Crippen LogP contribution in [0, 0.1) is 6.92 Å². The standard InChI is InChI=1S/C17H22N2O/c1-13-17(14-8-4-5-9-15(14)18-13)16(20)12-19-10-6-2-3-7-11-19/h4-5,8-9,18H,2-3,6-7,10-12H2,1H3/p+1. The number of aryl methyl sites for hydroxylation is 1. The van der Waals surface area contributed by atoms with E-state index in [1.165, 1.54) is 30.6 Å². The molecule has 1 aliphatic rings. The lowest BCUT2D eigenvalue weighted by atomic mass is 10.1. The number of hydrogen-bond donors (Lipinski definition) is 2. The quantitative estimate of drug-likeness (QED) is 0.824. The Kier molecular flexibility index (Phi) is 3.88. The number of aromatic amines is 1. The molecule has 2 aromatic rings. The fourth-order valence-electron chi connectivity index (χ4n) is 3.36. The van der Waals surface area contributed by atoms with Crippen LogP contribution in [0.25, 0.3) is 10.9 Å². The number of ketones is 1. The SMILES string of the molecule is Cc1[nH]c2ccccc2c1C(=O)C[NH+]1CCCCCC1. The van der Waals surface area contributed by atoms with E-state index in [1.807, 2.05) is 31.2 Å². The normalized spacial score (nSPS) is 17.2. The highest BCUT2D eigenvalue weighted by molar-refractivity contribution is 6.09. The molecular weight excluding hydrogens is 248 g/mol. The second-order valence-electron chi connectivity index (χ2n) is 5.93. The second kappa shape index (κ2) is 5.80. The molecule has 2 N–H and O–H groups in total. The van der Waals surface area contributed by atoms with Crippen molar-refractivity contribution in [1.82, 2.24) is 4.98 Å². The van der Waals surface area contributed by atoms with Crippen molar-refractivity contribution in [1.29, 1.82) is 0 Å². The van der Waals surface area contributed by atoms with Gasteiger partial charge < -0.3 is 9.88 Å². The first-order chi connectivity index (χ1) is 9.75. The number of hydrogen-bond acceptors (Lipinski definition) is 1. The maximum atomic E-state index is 12.7. The number of fused-ring (bicyclic) bond motifs is 1. The van der Waals surface area contributed by atoms with Gasteiger partial charge in [0.05, 0.1) is 18.7 Å². The lowest BCUT2D eigenvalue weighted by Gasteiger charge is -2.16. The summed E-state index contributed by atoms with van der Waals surface area (Å²) in [5.74, 6) is 0.289. The first kappa shape index (κ1) is 13.4. The van der Waals surface area contributed by atoms with E-state index in [9.17, 15) is 4.79 Å². The smallest absolute Gasteiger partial charge is 0.219 e. The Hall–Kier alpha value is -1.61. The molecule has 0 atom stereocenters. The van der Waals surface area contributed by atoms with E-state index < -0.39 is 0 Å². The molecule has 3 heteroatoms. The number of carbonyl (C=O) groups is 1. The summed E-state index contributed by atoms with van der Waals surface area (Å²) in [5, 5.41) is 1.07. The third-order valence-electron chi connectivity index (χ3n) is 4.39. The minimum atomic E-state index is 0.289.